The fourth-order valence-corrected chi connectivity index (χ4v) is 1.46. The first kappa shape index (κ1) is 12.4. The van der Waals surface area contributed by atoms with Gasteiger partial charge in [0.2, 0.25) is 0 Å². The van der Waals surface area contributed by atoms with E-state index in [-0.39, 0.29) is 0 Å². The van der Waals surface area contributed by atoms with Gasteiger partial charge in [-0.05, 0) is 19.1 Å². The van der Waals surface area contributed by atoms with Crippen LogP contribution < -0.4 is 10.6 Å². The third kappa shape index (κ3) is 2.93. The number of hydrogen-bond acceptors (Lipinski definition) is 5. The molecule has 0 aliphatic carbocycles. The highest BCUT2D eigenvalue weighted by Crippen LogP contribution is 2.14. The molecule has 2 N–H and O–H groups in total. The smallest absolute Gasteiger partial charge is 0.356 e. The molecule has 0 atom stereocenters. The number of pyridine rings is 1. The van der Waals surface area contributed by atoms with Gasteiger partial charge in [-0.3, -0.25) is 0 Å². The van der Waals surface area contributed by atoms with Crippen molar-refractivity contribution in [2.24, 2.45) is 5.73 Å². The Labute approximate surface area is 95.2 Å². The van der Waals surface area contributed by atoms with Crippen LogP contribution >= 0.6 is 0 Å². The Morgan fingerprint density at radius 2 is 2.38 bits per heavy atom. The first-order valence-electron chi connectivity index (χ1n) is 5.22. The molecule has 1 rings (SSSR count). The molecule has 0 bridgehead atoms. The first-order valence-corrected chi connectivity index (χ1v) is 5.22. The van der Waals surface area contributed by atoms with Gasteiger partial charge < -0.3 is 15.4 Å². The van der Waals surface area contributed by atoms with E-state index in [1.165, 1.54) is 7.11 Å². The molecule has 0 fully saturated rings. The van der Waals surface area contributed by atoms with Crippen LogP contribution in [0, 0.1) is 0 Å². The van der Waals surface area contributed by atoms with Crippen LogP contribution in [0.15, 0.2) is 18.3 Å². The maximum absolute atomic E-state index is 11.3. The highest BCUT2D eigenvalue weighted by molar-refractivity contribution is 5.88. The van der Waals surface area contributed by atoms with Gasteiger partial charge in [-0.25, -0.2) is 9.78 Å². The molecular weight excluding hydrogens is 206 g/mol. The molecular formula is C11H17N3O2. The quantitative estimate of drug-likeness (QED) is 0.742. The summed E-state index contributed by atoms with van der Waals surface area (Å²) in [5, 5.41) is 0. The molecule has 0 unspecified atom stereocenters. The van der Waals surface area contributed by atoms with Crippen LogP contribution in [0.1, 0.15) is 17.4 Å². The number of nitrogens with zero attached hydrogens (tertiary/aromatic N) is 2. The number of rotatable bonds is 5. The molecule has 0 saturated carbocycles. The zero-order chi connectivity index (χ0) is 12.0. The average Bonchev–Trinajstić information content (AvgIpc) is 2.35. The standard InChI is InChI=1S/C11H17N3O2/c1-3-14(7-5-12)9-4-6-13-10(8-9)11(15)16-2/h4,6,8H,3,5,7,12H2,1-2H3. The van der Waals surface area contributed by atoms with Crippen LogP contribution in [-0.2, 0) is 4.74 Å². The van der Waals surface area contributed by atoms with Crippen LogP contribution in [-0.4, -0.2) is 37.7 Å². The Hall–Kier alpha value is -1.62. The minimum Gasteiger partial charge on any atom is -0.464 e. The van der Waals surface area contributed by atoms with E-state index in [1.54, 1.807) is 12.3 Å². The SMILES string of the molecule is CCN(CCN)c1ccnc(C(=O)OC)c1. The fourth-order valence-electron chi connectivity index (χ4n) is 1.46. The van der Waals surface area contributed by atoms with Crippen molar-refractivity contribution in [3.05, 3.63) is 24.0 Å². The Morgan fingerprint density at radius 3 is 2.94 bits per heavy atom. The largest absolute Gasteiger partial charge is 0.464 e. The lowest BCUT2D eigenvalue weighted by atomic mass is 10.3. The van der Waals surface area contributed by atoms with Crippen LogP contribution in [0.4, 0.5) is 5.69 Å². The third-order valence-corrected chi connectivity index (χ3v) is 2.28. The highest BCUT2D eigenvalue weighted by atomic mass is 16.5. The second-order valence-corrected chi connectivity index (χ2v) is 3.26. The lowest BCUT2D eigenvalue weighted by Gasteiger charge is -2.22. The summed E-state index contributed by atoms with van der Waals surface area (Å²) in [6, 6.07) is 3.57. The normalized spacial score (nSPS) is 9.94. The summed E-state index contributed by atoms with van der Waals surface area (Å²) in [5.41, 5.74) is 6.77. The van der Waals surface area contributed by atoms with Gasteiger partial charge in [0.25, 0.3) is 0 Å². The molecule has 5 nitrogen and oxygen atoms in total. The van der Waals surface area contributed by atoms with Crippen molar-refractivity contribution in [3.63, 3.8) is 0 Å². The van der Waals surface area contributed by atoms with Crippen molar-refractivity contribution in [1.82, 2.24) is 4.98 Å². The average molecular weight is 223 g/mol. The van der Waals surface area contributed by atoms with E-state index in [2.05, 4.69) is 14.6 Å². The molecule has 0 radical (unpaired) electrons. The van der Waals surface area contributed by atoms with Crippen molar-refractivity contribution >= 4 is 11.7 Å². The molecule has 0 spiro atoms. The number of carbonyl (C=O) groups excluding carboxylic acids is 1. The second kappa shape index (κ2) is 6.07. The minimum absolute atomic E-state index is 0.315. The molecule has 16 heavy (non-hydrogen) atoms. The van der Waals surface area contributed by atoms with E-state index in [0.717, 1.165) is 18.8 Å². The van der Waals surface area contributed by atoms with Gasteiger partial charge in [0, 0.05) is 31.5 Å². The Kier molecular flexibility index (Phi) is 4.72. The first-order chi connectivity index (χ1) is 7.72. The molecule has 0 aliphatic heterocycles. The lowest BCUT2D eigenvalue weighted by molar-refractivity contribution is 0.0594. The summed E-state index contributed by atoms with van der Waals surface area (Å²) in [6.07, 6.45) is 1.60. The van der Waals surface area contributed by atoms with Crippen LogP contribution in [0.25, 0.3) is 0 Å². The van der Waals surface area contributed by atoms with E-state index in [4.69, 9.17) is 5.73 Å². The maximum Gasteiger partial charge on any atom is 0.356 e. The summed E-state index contributed by atoms with van der Waals surface area (Å²) in [4.78, 5) is 17.3. The lowest BCUT2D eigenvalue weighted by Crippen LogP contribution is -2.29. The molecule has 1 aromatic rings. The third-order valence-electron chi connectivity index (χ3n) is 2.28. The van der Waals surface area contributed by atoms with E-state index in [1.807, 2.05) is 13.0 Å². The maximum atomic E-state index is 11.3. The Bertz CT molecular complexity index is 355. The zero-order valence-corrected chi connectivity index (χ0v) is 9.64. The number of ether oxygens (including phenoxy) is 1. The van der Waals surface area contributed by atoms with Crippen molar-refractivity contribution in [2.75, 3.05) is 31.6 Å². The minimum atomic E-state index is -0.425. The molecule has 0 saturated heterocycles. The van der Waals surface area contributed by atoms with Crippen LogP contribution in [0.3, 0.4) is 0 Å². The van der Waals surface area contributed by atoms with E-state index < -0.39 is 5.97 Å². The van der Waals surface area contributed by atoms with Gasteiger partial charge >= 0.3 is 5.97 Å². The summed E-state index contributed by atoms with van der Waals surface area (Å²) < 4.78 is 4.62. The molecule has 0 amide bonds. The van der Waals surface area contributed by atoms with Gasteiger partial charge in [-0.1, -0.05) is 0 Å². The fraction of sp³-hybridized carbons (Fsp3) is 0.455. The highest BCUT2D eigenvalue weighted by Gasteiger charge is 2.10. The number of methoxy groups -OCH3 is 1. The van der Waals surface area contributed by atoms with Crippen molar-refractivity contribution in [3.8, 4) is 0 Å². The molecule has 88 valence electrons. The summed E-state index contributed by atoms with van der Waals surface area (Å²) in [6.45, 7) is 4.20. The van der Waals surface area contributed by atoms with Gasteiger partial charge in [0.1, 0.15) is 5.69 Å². The number of anilines is 1. The number of aromatic nitrogens is 1. The summed E-state index contributed by atoms with van der Waals surface area (Å²) in [5.74, 6) is -0.425. The van der Waals surface area contributed by atoms with Crippen molar-refractivity contribution < 1.29 is 9.53 Å². The zero-order valence-electron chi connectivity index (χ0n) is 9.64. The molecule has 5 heteroatoms. The van der Waals surface area contributed by atoms with Crippen LogP contribution in [0.2, 0.25) is 0 Å². The Morgan fingerprint density at radius 1 is 1.62 bits per heavy atom. The second-order valence-electron chi connectivity index (χ2n) is 3.26. The molecule has 1 heterocycles. The predicted octanol–water partition coefficient (Wildman–Crippen LogP) is 0.653. The molecule has 0 aromatic carbocycles. The summed E-state index contributed by atoms with van der Waals surface area (Å²) >= 11 is 0. The number of carbonyl (C=O) groups is 1. The topological polar surface area (TPSA) is 68.5 Å². The number of likely N-dealkylation sites (N-methyl/N-ethyl adjacent to an activating group) is 1. The number of esters is 1. The van der Waals surface area contributed by atoms with Crippen molar-refractivity contribution in [1.29, 1.82) is 0 Å². The van der Waals surface area contributed by atoms with Gasteiger partial charge in [-0.15, -0.1) is 0 Å². The van der Waals surface area contributed by atoms with Crippen LogP contribution in [0.5, 0.6) is 0 Å². The van der Waals surface area contributed by atoms with Gasteiger partial charge in [0.15, 0.2) is 0 Å². The number of nitrogens with two attached hydrogens (primary N) is 1. The van der Waals surface area contributed by atoms with Gasteiger partial charge in [-0.2, -0.15) is 0 Å². The van der Waals surface area contributed by atoms with E-state index >= 15 is 0 Å². The Balaban J connectivity index is 2.92. The van der Waals surface area contributed by atoms with E-state index in [0.29, 0.717) is 12.2 Å². The molecule has 0 aliphatic rings. The summed E-state index contributed by atoms with van der Waals surface area (Å²) in [7, 11) is 1.34. The predicted molar refractivity (Wildman–Crippen MR) is 62.5 cm³/mol. The van der Waals surface area contributed by atoms with Crippen molar-refractivity contribution in [2.45, 2.75) is 6.92 Å². The number of hydrogen-bond donors (Lipinski definition) is 1. The molecule has 1 aromatic heterocycles. The monoisotopic (exact) mass is 223 g/mol. The van der Waals surface area contributed by atoms with Gasteiger partial charge in [0.05, 0.1) is 7.11 Å². The van der Waals surface area contributed by atoms with E-state index in [9.17, 15) is 4.79 Å².